The summed E-state index contributed by atoms with van der Waals surface area (Å²) in [6.45, 7) is 1.60. The Hall–Kier alpha value is -3.20. The Morgan fingerprint density at radius 3 is 2.42 bits per heavy atom. The molecule has 0 aliphatic carbocycles. The summed E-state index contributed by atoms with van der Waals surface area (Å²) in [5.41, 5.74) is 7.42. The van der Waals surface area contributed by atoms with Crippen LogP contribution in [0.4, 0.5) is 11.5 Å². The van der Waals surface area contributed by atoms with E-state index in [0.29, 0.717) is 5.69 Å². The average Bonchev–Trinajstić information content (AvgIpc) is 2.97. The molecule has 0 spiro atoms. The fourth-order valence-corrected chi connectivity index (χ4v) is 3.54. The van der Waals surface area contributed by atoms with Crippen molar-refractivity contribution in [2.24, 2.45) is 0 Å². The first-order valence-corrected chi connectivity index (χ1v) is 9.22. The highest BCUT2D eigenvalue weighted by Crippen LogP contribution is 2.23. The molecule has 8 nitrogen and oxygen atoms in total. The second-order valence-corrected chi connectivity index (χ2v) is 7.53. The van der Waals surface area contributed by atoms with Crippen molar-refractivity contribution < 1.29 is 13.2 Å². The van der Waals surface area contributed by atoms with E-state index in [-0.39, 0.29) is 22.3 Å². The van der Waals surface area contributed by atoms with Gasteiger partial charge in [-0.1, -0.05) is 41.1 Å². The van der Waals surface area contributed by atoms with E-state index in [4.69, 9.17) is 5.73 Å². The Kier molecular flexibility index (Phi) is 4.72. The number of sulfone groups is 1. The molecule has 134 valence electrons. The molecule has 0 fully saturated rings. The number of benzene rings is 2. The molecule has 0 atom stereocenters. The Morgan fingerprint density at radius 1 is 1.12 bits per heavy atom. The highest BCUT2D eigenvalue weighted by molar-refractivity contribution is 7.91. The molecular formula is C17H17N5O3S. The van der Waals surface area contributed by atoms with Gasteiger partial charge in [0.05, 0.1) is 4.90 Å². The predicted octanol–water partition coefficient (Wildman–Crippen LogP) is 1.64. The number of anilines is 2. The first kappa shape index (κ1) is 17.6. The van der Waals surface area contributed by atoms with Gasteiger partial charge in [0.25, 0.3) is 0 Å². The highest BCUT2D eigenvalue weighted by atomic mass is 32.2. The van der Waals surface area contributed by atoms with E-state index in [9.17, 15) is 13.2 Å². The quantitative estimate of drug-likeness (QED) is 0.703. The number of nitrogens with one attached hydrogen (secondary N) is 1. The maximum atomic E-state index is 12.7. The zero-order valence-corrected chi connectivity index (χ0v) is 14.8. The first-order valence-electron chi connectivity index (χ1n) is 7.73. The van der Waals surface area contributed by atoms with Gasteiger partial charge in [-0.15, -0.1) is 5.10 Å². The fourth-order valence-electron chi connectivity index (χ4n) is 2.30. The summed E-state index contributed by atoms with van der Waals surface area (Å²) < 4.78 is 26.4. The number of aromatic nitrogens is 3. The van der Waals surface area contributed by atoms with E-state index in [0.717, 1.165) is 10.2 Å². The van der Waals surface area contributed by atoms with E-state index in [1.165, 1.54) is 12.1 Å². The zero-order valence-electron chi connectivity index (χ0n) is 14.0. The van der Waals surface area contributed by atoms with Crippen LogP contribution in [-0.4, -0.2) is 29.3 Å². The summed E-state index contributed by atoms with van der Waals surface area (Å²) in [4.78, 5) is 12.2. The molecule has 1 heterocycles. The number of carbonyl (C=O) groups is 1. The van der Waals surface area contributed by atoms with E-state index < -0.39 is 15.7 Å². The van der Waals surface area contributed by atoms with Crippen LogP contribution in [0.2, 0.25) is 0 Å². The molecule has 1 aromatic heterocycles. The first-order chi connectivity index (χ1) is 12.4. The lowest BCUT2D eigenvalue weighted by Gasteiger charge is -2.06. The lowest BCUT2D eigenvalue weighted by Crippen LogP contribution is -2.21. The van der Waals surface area contributed by atoms with Gasteiger partial charge in [-0.2, -0.15) is 0 Å². The van der Waals surface area contributed by atoms with Crippen LogP contribution in [0.25, 0.3) is 0 Å². The molecule has 0 unspecified atom stereocenters. The van der Waals surface area contributed by atoms with Gasteiger partial charge in [-0.25, -0.2) is 13.1 Å². The fraction of sp³-hybridized carbons (Fsp3) is 0.118. The minimum Gasteiger partial charge on any atom is -0.381 e. The Bertz CT molecular complexity index is 1030. The van der Waals surface area contributed by atoms with Gasteiger partial charge in [0.1, 0.15) is 6.54 Å². The number of para-hydroxylation sites is 1. The van der Waals surface area contributed by atoms with Crippen LogP contribution in [0.1, 0.15) is 5.56 Å². The second-order valence-electron chi connectivity index (χ2n) is 5.67. The Balaban J connectivity index is 1.81. The number of nitrogens with zero attached hydrogens (tertiary/aromatic N) is 3. The number of carbonyl (C=O) groups excluding carboxylic acids is 1. The molecule has 2 aromatic carbocycles. The van der Waals surface area contributed by atoms with Crippen LogP contribution < -0.4 is 11.1 Å². The third kappa shape index (κ3) is 3.57. The van der Waals surface area contributed by atoms with E-state index in [1.54, 1.807) is 36.4 Å². The molecule has 1 amide bonds. The molecule has 0 aliphatic rings. The van der Waals surface area contributed by atoms with Crippen molar-refractivity contribution in [3.63, 3.8) is 0 Å². The third-order valence-electron chi connectivity index (χ3n) is 3.68. The number of aryl methyl sites for hydroxylation is 1. The Labute approximate surface area is 150 Å². The van der Waals surface area contributed by atoms with Crippen LogP contribution in [0, 0.1) is 6.92 Å². The standard InChI is InChI=1S/C17H17N5O3S/c1-12-7-9-14(10-8-12)26(24,25)17-16(18)22(21-20-17)11-15(23)19-13-5-3-2-4-6-13/h2-10H,11,18H2,1H3,(H,19,23). The number of amides is 1. The zero-order chi connectivity index (χ0) is 18.7. The largest absolute Gasteiger partial charge is 0.381 e. The summed E-state index contributed by atoms with van der Waals surface area (Å²) in [6.07, 6.45) is 0. The summed E-state index contributed by atoms with van der Waals surface area (Å²) in [7, 11) is -3.91. The van der Waals surface area contributed by atoms with Crippen LogP contribution in [0.5, 0.6) is 0 Å². The van der Waals surface area contributed by atoms with E-state index >= 15 is 0 Å². The lowest BCUT2D eigenvalue weighted by molar-refractivity contribution is -0.116. The maximum Gasteiger partial charge on any atom is 0.246 e. The van der Waals surface area contributed by atoms with E-state index in [2.05, 4.69) is 15.6 Å². The molecule has 0 aliphatic heterocycles. The molecule has 0 saturated heterocycles. The number of hydrogen-bond acceptors (Lipinski definition) is 6. The van der Waals surface area contributed by atoms with Crippen molar-refractivity contribution >= 4 is 27.2 Å². The molecule has 0 radical (unpaired) electrons. The van der Waals surface area contributed by atoms with Crippen LogP contribution in [0.15, 0.2) is 64.5 Å². The maximum absolute atomic E-state index is 12.7. The third-order valence-corrected chi connectivity index (χ3v) is 5.37. The van der Waals surface area contributed by atoms with Crippen molar-refractivity contribution in [2.75, 3.05) is 11.1 Å². The van der Waals surface area contributed by atoms with Gasteiger partial charge < -0.3 is 11.1 Å². The topological polar surface area (TPSA) is 120 Å². The predicted molar refractivity (Wildman–Crippen MR) is 96.1 cm³/mol. The normalized spacial score (nSPS) is 11.3. The molecule has 3 N–H and O–H groups in total. The summed E-state index contributed by atoms with van der Waals surface area (Å²) in [5.74, 6) is -0.583. The summed E-state index contributed by atoms with van der Waals surface area (Å²) in [6, 6.07) is 15.2. The number of nitrogen functional groups attached to an aromatic ring is 1. The van der Waals surface area contributed by atoms with E-state index in [1.807, 2.05) is 13.0 Å². The molecular weight excluding hydrogens is 354 g/mol. The van der Waals surface area contributed by atoms with Crippen molar-refractivity contribution in [3.05, 3.63) is 60.2 Å². The van der Waals surface area contributed by atoms with Crippen molar-refractivity contribution in [1.82, 2.24) is 15.0 Å². The average molecular weight is 371 g/mol. The number of hydrogen-bond donors (Lipinski definition) is 2. The second kappa shape index (κ2) is 6.96. The molecule has 3 rings (SSSR count). The summed E-state index contributed by atoms with van der Waals surface area (Å²) >= 11 is 0. The number of rotatable bonds is 5. The smallest absolute Gasteiger partial charge is 0.246 e. The van der Waals surface area contributed by atoms with Crippen LogP contribution in [-0.2, 0) is 21.2 Å². The highest BCUT2D eigenvalue weighted by Gasteiger charge is 2.26. The van der Waals surface area contributed by atoms with Crippen LogP contribution >= 0.6 is 0 Å². The van der Waals surface area contributed by atoms with Gasteiger partial charge in [-0.05, 0) is 31.2 Å². The molecule has 0 saturated carbocycles. The minimum atomic E-state index is -3.91. The number of nitrogens with two attached hydrogens (primary N) is 1. The molecule has 0 bridgehead atoms. The van der Waals surface area contributed by atoms with Gasteiger partial charge >= 0.3 is 0 Å². The van der Waals surface area contributed by atoms with Gasteiger partial charge in [0.2, 0.25) is 20.8 Å². The molecule has 26 heavy (non-hydrogen) atoms. The van der Waals surface area contributed by atoms with Crippen LogP contribution in [0.3, 0.4) is 0 Å². The SMILES string of the molecule is Cc1ccc(S(=O)(=O)c2nnn(CC(=O)Nc3ccccc3)c2N)cc1. The van der Waals surface area contributed by atoms with Gasteiger partial charge in [-0.3, -0.25) is 4.79 Å². The minimum absolute atomic E-state index is 0.0654. The van der Waals surface area contributed by atoms with Gasteiger partial charge in [0.15, 0.2) is 5.82 Å². The molecule has 9 heteroatoms. The summed E-state index contributed by atoms with van der Waals surface area (Å²) in [5, 5.41) is 9.68. The Morgan fingerprint density at radius 2 is 1.77 bits per heavy atom. The van der Waals surface area contributed by atoms with Crippen molar-refractivity contribution in [1.29, 1.82) is 0 Å². The lowest BCUT2D eigenvalue weighted by atomic mass is 10.2. The van der Waals surface area contributed by atoms with Crippen molar-refractivity contribution in [2.45, 2.75) is 23.4 Å². The monoisotopic (exact) mass is 371 g/mol. The van der Waals surface area contributed by atoms with Gasteiger partial charge in [0, 0.05) is 5.69 Å². The van der Waals surface area contributed by atoms with Crippen molar-refractivity contribution in [3.8, 4) is 0 Å². The molecule has 3 aromatic rings.